The molecular weight excluding hydrogens is 258 g/mol. The number of rotatable bonds is 2. The highest BCUT2D eigenvalue weighted by Crippen LogP contribution is 2.41. The second kappa shape index (κ2) is 4.76. The fraction of sp³-hybridized carbons (Fsp3) is 0.389. The Balaban J connectivity index is 1.80. The third kappa shape index (κ3) is 1.99. The molecule has 1 aliphatic carbocycles. The molecule has 0 bridgehead atoms. The molecule has 3 heteroatoms. The van der Waals surface area contributed by atoms with Crippen LogP contribution in [0.5, 0.6) is 0 Å². The summed E-state index contributed by atoms with van der Waals surface area (Å²) in [6.07, 6.45) is 4.20. The van der Waals surface area contributed by atoms with Crippen molar-refractivity contribution in [2.24, 2.45) is 17.6 Å². The van der Waals surface area contributed by atoms with Crippen molar-refractivity contribution in [2.45, 2.75) is 19.3 Å². The van der Waals surface area contributed by atoms with Crippen molar-refractivity contribution in [3.05, 3.63) is 42.0 Å². The quantitative estimate of drug-likeness (QED) is 0.654. The topological polar surface area (TPSA) is 53.1 Å². The summed E-state index contributed by atoms with van der Waals surface area (Å²) in [6.45, 7) is 2.38. The van der Waals surface area contributed by atoms with Gasteiger partial charge in [-0.05, 0) is 42.2 Å². The van der Waals surface area contributed by atoms with Gasteiger partial charge >= 0.3 is 0 Å². The molecule has 1 saturated carbocycles. The first kappa shape index (κ1) is 12.7. The van der Waals surface area contributed by atoms with Gasteiger partial charge in [-0.1, -0.05) is 30.7 Å². The summed E-state index contributed by atoms with van der Waals surface area (Å²) in [5.41, 5.74) is 7.88. The van der Waals surface area contributed by atoms with Gasteiger partial charge in [0.05, 0.1) is 0 Å². The van der Waals surface area contributed by atoms with Crippen LogP contribution in [-0.2, 0) is 0 Å². The minimum atomic E-state index is 0.149. The molecule has 2 aromatic carbocycles. The summed E-state index contributed by atoms with van der Waals surface area (Å²) in [6, 6.07) is 12.5. The average Bonchev–Trinajstić information content (AvgIpc) is 3.07. The van der Waals surface area contributed by atoms with Crippen LogP contribution >= 0.6 is 0 Å². The highest BCUT2D eigenvalue weighted by atomic mass is 15.2. The summed E-state index contributed by atoms with van der Waals surface area (Å²) in [7, 11) is 0. The first-order chi connectivity index (χ1) is 10.2. The molecule has 2 aromatic rings. The molecule has 1 aliphatic heterocycles. The Labute approximate surface area is 125 Å². The van der Waals surface area contributed by atoms with Gasteiger partial charge in [0.2, 0.25) is 0 Å². The number of nitrogen functional groups attached to an aromatic ring is 1. The number of benzene rings is 2. The van der Waals surface area contributed by atoms with E-state index in [4.69, 9.17) is 11.1 Å². The third-order valence-electron chi connectivity index (χ3n) is 5.26. The lowest BCUT2D eigenvalue weighted by atomic mass is 10.0. The summed E-state index contributed by atoms with van der Waals surface area (Å²) in [5.74, 6) is 1.92. The molecule has 3 N–H and O–H groups in total. The van der Waals surface area contributed by atoms with E-state index in [1.54, 1.807) is 0 Å². The molecule has 2 fully saturated rings. The van der Waals surface area contributed by atoms with E-state index in [2.05, 4.69) is 29.2 Å². The number of nitrogens with two attached hydrogens (primary N) is 1. The van der Waals surface area contributed by atoms with E-state index in [1.165, 1.54) is 43.4 Å². The lowest BCUT2D eigenvalue weighted by Gasteiger charge is -2.22. The van der Waals surface area contributed by atoms with Crippen molar-refractivity contribution in [3.8, 4) is 0 Å². The van der Waals surface area contributed by atoms with Gasteiger partial charge in [-0.2, -0.15) is 0 Å². The Morgan fingerprint density at radius 3 is 2.33 bits per heavy atom. The second-order valence-electron chi connectivity index (χ2n) is 6.45. The standard InChI is InChI=1S/C18H21N3/c19-18(20)16-8-9-17(15-7-2-1-6-14(15)16)21-10-12-4-3-5-13(12)11-21/h1-2,6-9,12-13H,3-5,10-11H2,(H3,19,20). The van der Waals surface area contributed by atoms with Gasteiger partial charge in [0.1, 0.15) is 5.84 Å². The summed E-state index contributed by atoms with van der Waals surface area (Å²) >= 11 is 0. The molecule has 2 aliphatic rings. The number of nitrogens with one attached hydrogen (secondary N) is 1. The number of hydrogen-bond donors (Lipinski definition) is 2. The maximum atomic E-state index is 7.76. The Hall–Kier alpha value is -2.03. The lowest BCUT2D eigenvalue weighted by molar-refractivity contribution is 0.494. The van der Waals surface area contributed by atoms with Crippen molar-refractivity contribution >= 4 is 22.3 Å². The Morgan fingerprint density at radius 2 is 1.67 bits per heavy atom. The minimum absolute atomic E-state index is 0.149. The summed E-state index contributed by atoms with van der Waals surface area (Å²) < 4.78 is 0. The van der Waals surface area contributed by atoms with Crippen LogP contribution in [0.25, 0.3) is 10.8 Å². The maximum Gasteiger partial charge on any atom is 0.123 e. The average molecular weight is 279 g/mol. The summed E-state index contributed by atoms with van der Waals surface area (Å²) in [4.78, 5) is 2.54. The Bertz CT molecular complexity index is 695. The molecule has 0 aromatic heterocycles. The molecule has 0 spiro atoms. The third-order valence-corrected chi connectivity index (χ3v) is 5.26. The number of amidine groups is 1. The molecule has 2 unspecified atom stereocenters. The van der Waals surface area contributed by atoms with Gasteiger partial charge in [0, 0.05) is 29.7 Å². The first-order valence-electron chi connectivity index (χ1n) is 7.85. The van der Waals surface area contributed by atoms with Crippen LogP contribution in [0.1, 0.15) is 24.8 Å². The zero-order valence-corrected chi connectivity index (χ0v) is 12.2. The predicted molar refractivity (Wildman–Crippen MR) is 88.0 cm³/mol. The highest BCUT2D eigenvalue weighted by Gasteiger charge is 2.36. The van der Waals surface area contributed by atoms with Crippen LogP contribution in [0, 0.1) is 17.2 Å². The van der Waals surface area contributed by atoms with E-state index in [0.717, 1.165) is 22.8 Å². The van der Waals surface area contributed by atoms with Gasteiger partial charge in [-0.15, -0.1) is 0 Å². The van der Waals surface area contributed by atoms with Crippen molar-refractivity contribution in [2.75, 3.05) is 18.0 Å². The first-order valence-corrected chi connectivity index (χ1v) is 7.85. The number of hydrogen-bond acceptors (Lipinski definition) is 2. The highest BCUT2D eigenvalue weighted by molar-refractivity contribution is 6.10. The minimum Gasteiger partial charge on any atom is -0.384 e. The van der Waals surface area contributed by atoms with Crippen LogP contribution < -0.4 is 10.6 Å². The number of anilines is 1. The normalized spacial score (nSPS) is 24.5. The number of fused-ring (bicyclic) bond motifs is 2. The molecule has 4 rings (SSSR count). The van der Waals surface area contributed by atoms with Gasteiger partial charge < -0.3 is 10.6 Å². The number of nitrogens with zero attached hydrogens (tertiary/aromatic N) is 1. The van der Waals surface area contributed by atoms with Crippen molar-refractivity contribution in [1.29, 1.82) is 5.41 Å². The van der Waals surface area contributed by atoms with E-state index in [0.29, 0.717) is 0 Å². The zero-order valence-electron chi connectivity index (χ0n) is 12.2. The molecule has 21 heavy (non-hydrogen) atoms. The Morgan fingerprint density at radius 1 is 1.00 bits per heavy atom. The largest absolute Gasteiger partial charge is 0.384 e. The van der Waals surface area contributed by atoms with Crippen LogP contribution in [0.3, 0.4) is 0 Å². The van der Waals surface area contributed by atoms with E-state index >= 15 is 0 Å². The van der Waals surface area contributed by atoms with Crippen LogP contribution in [0.15, 0.2) is 36.4 Å². The van der Waals surface area contributed by atoms with Crippen molar-refractivity contribution in [3.63, 3.8) is 0 Å². The predicted octanol–water partition coefficient (Wildman–Crippen LogP) is 3.36. The molecule has 0 amide bonds. The molecule has 1 saturated heterocycles. The fourth-order valence-corrected chi connectivity index (χ4v) is 4.23. The summed E-state index contributed by atoms with van der Waals surface area (Å²) in [5, 5.41) is 10.1. The molecule has 0 radical (unpaired) electrons. The van der Waals surface area contributed by atoms with E-state index in [1.807, 2.05) is 12.1 Å². The lowest BCUT2D eigenvalue weighted by Crippen LogP contribution is -2.21. The van der Waals surface area contributed by atoms with E-state index in [9.17, 15) is 0 Å². The second-order valence-corrected chi connectivity index (χ2v) is 6.45. The van der Waals surface area contributed by atoms with Crippen LogP contribution in [-0.4, -0.2) is 18.9 Å². The Kier molecular flexibility index (Phi) is 2.88. The SMILES string of the molecule is N=C(N)c1ccc(N2CC3CCCC3C2)c2ccccc12. The van der Waals surface area contributed by atoms with Crippen molar-refractivity contribution in [1.82, 2.24) is 0 Å². The molecule has 3 nitrogen and oxygen atoms in total. The van der Waals surface area contributed by atoms with E-state index < -0.39 is 0 Å². The van der Waals surface area contributed by atoms with Crippen LogP contribution in [0.2, 0.25) is 0 Å². The molecule has 1 heterocycles. The molecule has 2 atom stereocenters. The zero-order chi connectivity index (χ0) is 14.4. The van der Waals surface area contributed by atoms with Gasteiger partial charge in [0.25, 0.3) is 0 Å². The fourth-order valence-electron chi connectivity index (χ4n) is 4.23. The van der Waals surface area contributed by atoms with Crippen LogP contribution in [0.4, 0.5) is 5.69 Å². The van der Waals surface area contributed by atoms with E-state index in [-0.39, 0.29) is 5.84 Å². The molecule has 108 valence electrons. The van der Waals surface area contributed by atoms with Gasteiger partial charge in [-0.3, -0.25) is 5.41 Å². The van der Waals surface area contributed by atoms with Gasteiger partial charge in [0.15, 0.2) is 0 Å². The van der Waals surface area contributed by atoms with Crippen molar-refractivity contribution < 1.29 is 0 Å². The monoisotopic (exact) mass is 279 g/mol. The maximum absolute atomic E-state index is 7.76. The smallest absolute Gasteiger partial charge is 0.123 e. The van der Waals surface area contributed by atoms with Gasteiger partial charge in [-0.25, -0.2) is 0 Å². The molecular formula is C18H21N3.